The van der Waals surface area contributed by atoms with Crippen LogP contribution in [0, 0.1) is 29.2 Å². The molecule has 1 amide bonds. The number of amides is 1. The molecule has 236 valence electrons. The number of ketones is 1. The zero-order valence-electron chi connectivity index (χ0n) is 23.0. The number of carbonyl (C=O) groups excluding carboxylic acids is 2. The Kier molecular flexibility index (Phi) is 10.8. The lowest BCUT2D eigenvalue weighted by molar-refractivity contribution is -0.153. The molecular weight excluding hydrogens is 593 g/mol. The molecule has 1 aliphatic rings. The first-order valence-corrected chi connectivity index (χ1v) is 13.2. The van der Waals surface area contributed by atoms with Crippen molar-refractivity contribution in [3.63, 3.8) is 0 Å². The van der Waals surface area contributed by atoms with Crippen LogP contribution >= 0.6 is 0 Å². The van der Waals surface area contributed by atoms with Crippen LogP contribution in [-0.2, 0) is 31.0 Å². The molecule has 1 aliphatic heterocycles. The van der Waals surface area contributed by atoms with Crippen LogP contribution in [0.4, 0.5) is 30.7 Å². The number of aliphatic carboxylic acids is 1. The van der Waals surface area contributed by atoms with Crippen molar-refractivity contribution in [2.75, 3.05) is 13.2 Å². The number of hydrogen-bond donors (Lipinski definition) is 3. The Hall–Kier alpha value is -3.72. The molecule has 3 N–H and O–H groups in total. The molecule has 0 spiro atoms. The summed E-state index contributed by atoms with van der Waals surface area (Å²) in [7, 11) is 0. The van der Waals surface area contributed by atoms with Gasteiger partial charge in [0.25, 0.3) is 0 Å². The molecular formula is C28H29F7N2O6. The average molecular weight is 623 g/mol. The minimum absolute atomic E-state index is 0.0449. The van der Waals surface area contributed by atoms with Gasteiger partial charge in [-0.25, -0.2) is 8.78 Å². The molecule has 1 unspecified atom stereocenters. The minimum atomic E-state index is -4.76. The van der Waals surface area contributed by atoms with Crippen LogP contribution in [-0.4, -0.2) is 48.1 Å². The Morgan fingerprint density at radius 1 is 1.05 bits per heavy atom. The van der Waals surface area contributed by atoms with Gasteiger partial charge >= 0.3 is 12.1 Å². The van der Waals surface area contributed by atoms with E-state index in [2.05, 4.69) is 15.4 Å². The van der Waals surface area contributed by atoms with Crippen molar-refractivity contribution in [2.24, 2.45) is 5.92 Å². The van der Waals surface area contributed by atoms with Crippen molar-refractivity contribution in [3.8, 4) is 5.75 Å². The van der Waals surface area contributed by atoms with E-state index in [-0.39, 0.29) is 24.7 Å². The molecule has 1 saturated heterocycles. The van der Waals surface area contributed by atoms with Crippen molar-refractivity contribution in [1.29, 1.82) is 0 Å². The second-order valence-corrected chi connectivity index (χ2v) is 10.3. The SMILES string of the molecule is CC(C)[C@H](NC1(c2ccccc2C(F)(F)F)CCCCO1)C(=O)N[C@@H](CC(=O)O)C(=O)COc1c(F)c(F)cc(F)c1F. The fourth-order valence-corrected chi connectivity index (χ4v) is 4.67. The van der Waals surface area contributed by atoms with E-state index in [1.807, 2.05) is 0 Å². The van der Waals surface area contributed by atoms with Crippen LogP contribution in [0.1, 0.15) is 50.7 Å². The smallest absolute Gasteiger partial charge is 0.416 e. The summed E-state index contributed by atoms with van der Waals surface area (Å²) in [6.45, 7) is 1.87. The third-order valence-corrected chi connectivity index (χ3v) is 6.79. The fraction of sp³-hybridized carbons (Fsp3) is 0.464. The molecule has 2 aromatic carbocycles. The highest BCUT2D eigenvalue weighted by molar-refractivity contribution is 5.94. The molecule has 1 heterocycles. The number of alkyl halides is 3. The molecule has 0 aromatic heterocycles. The molecule has 0 aliphatic carbocycles. The van der Waals surface area contributed by atoms with Crippen molar-refractivity contribution in [1.82, 2.24) is 10.6 Å². The maximum atomic E-state index is 13.9. The van der Waals surface area contributed by atoms with Gasteiger partial charge in [-0.05, 0) is 31.2 Å². The monoisotopic (exact) mass is 622 g/mol. The first-order valence-electron chi connectivity index (χ1n) is 13.2. The molecule has 0 bridgehead atoms. The summed E-state index contributed by atoms with van der Waals surface area (Å²) in [6, 6.07) is 1.41. The Balaban J connectivity index is 1.88. The quantitative estimate of drug-likeness (QED) is 0.230. The van der Waals surface area contributed by atoms with Crippen LogP contribution in [0.15, 0.2) is 30.3 Å². The van der Waals surface area contributed by atoms with Gasteiger partial charge in [0, 0.05) is 18.2 Å². The van der Waals surface area contributed by atoms with Crippen molar-refractivity contribution < 1.29 is 59.7 Å². The number of rotatable bonds is 12. The number of Topliss-reactive ketones (excluding diaryl/α,β-unsaturated/α-hetero) is 1. The van der Waals surface area contributed by atoms with Crippen LogP contribution in [0.2, 0.25) is 0 Å². The van der Waals surface area contributed by atoms with Gasteiger partial charge in [0.2, 0.25) is 17.5 Å². The van der Waals surface area contributed by atoms with E-state index in [0.717, 1.165) is 6.07 Å². The van der Waals surface area contributed by atoms with Crippen molar-refractivity contribution in [2.45, 2.75) is 63.5 Å². The van der Waals surface area contributed by atoms with Crippen molar-refractivity contribution >= 4 is 17.7 Å². The third-order valence-electron chi connectivity index (χ3n) is 6.79. The lowest BCUT2D eigenvalue weighted by atomic mass is 9.88. The van der Waals surface area contributed by atoms with Crippen LogP contribution in [0.25, 0.3) is 0 Å². The predicted molar refractivity (Wildman–Crippen MR) is 136 cm³/mol. The highest BCUT2D eigenvalue weighted by Crippen LogP contribution is 2.41. The molecule has 15 heteroatoms. The summed E-state index contributed by atoms with van der Waals surface area (Å²) in [5.74, 6) is -13.5. The number of ether oxygens (including phenoxy) is 2. The lowest BCUT2D eigenvalue weighted by Crippen LogP contribution is -2.60. The topological polar surface area (TPSA) is 114 Å². The summed E-state index contributed by atoms with van der Waals surface area (Å²) in [5, 5.41) is 14.4. The number of carboxylic acid groups (broad SMARTS) is 1. The standard InChI is InChI=1S/C28H29F7N2O6/c1-14(2)24(37-27(9-5-6-10-43-27)15-7-3-4-8-16(15)28(33,34)35)26(41)36-19(12-21(39)40)20(38)13-42-25-22(31)17(29)11-18(30)23(25)32/h3-4,7-8,11,14,19,24,37H,5-6,9-10,12-13H2,1-2H3,(H,36,41)(H,39,40)/t19-,24-,27?/m0/s1. The summed E-state index contributed by atoms with van der Waals surface area (Å²) < 4.78 is 107. The molecule has 43 heavy (non-hydrogen) atoms. The van der Waals surface area contributed by atoms with E-state index in [1.165, 1.54) is 18.2 Å². The number of carboxylic acids is 1. The van der Waals surface area contributed by atoms with Crippen LogP contribution in [0.3, 0.4) is 0 Å². The van der Waals surface area contributed by atoms with Crippen LogP contribution < -0.4 is 15.4 Å². The summed E-state index contributed by atoms with van der Waals surface area (Å²) >= 11 is 0. The van der Waals surface area contributed by atoms with E-state index in [4.69, 9.17) is 4.74 Å². The van der Waals surface area contributed by atoms with Gasteiger partial charge in [-0.3, -0.25) is 19.7 Å². The van der Waals surface area contributed by atoms with Crippen LogP contribution in [0.5, 0.6) is 5.75 Å². The van der Waals surface area contributed by atoms with Gasteiger partial charge in [-0.2, -0.15) is 22.0 Å². The number of halogens is 7. The number of benzene rings is 2. The molecule has 3 atom stereocenters. The van der Waals surface area contributed by atoms with Gasteiger partial charge in [0.1, 0.15) is 18.4 Å². The third kappa shape index (κ3) is 8.02. The van der Waals surface area contributed by atoms with E-state index in [0.29, 0.717) is 12.8 Å². The summed E-state index contributed by atoms with van der Waals surface area (Å²) in [6.07, 6.45) is -4.76. The molecule has 8 nitrogen and oxygen atoms in total. The molecule has 0 saturated carbocycles. The maximum absolute atomic E-state index is 13.9. The zero-order valence-corrected chi connectivity index (χ0v) is 23.0. The predicted octanol–water partition coefficient (Wildman–Crippen LogP) is 4.84. The Morgan fingerprint density at radius 2 is 1.67 bits per heavy atom. The van der Waals surface area contributed by atoms with Gasteiger partial charge in [-0.1, -0.05) is 32.0 Å². The van der Waals surface area contributed by atoms with Gasteiger partial charge in [0.15, 0.2) is 23.2 Å². The zero-order chi connectivity index (χ0) is 32.1. The Labute approximate surface area is 241 Å². The average Bonchev–Trinajstić information content (AvgIpc) is 2.94. The maximum Gasteiger partial charge on any atom is 0.416 e. The van der Waals surface area contributed by atoms with E-state index in [9.17, 15) is 50.2 Å². The Bertz CT molecular complexity index is 1320. The fourth-order valence-electron chi connectivity index (χ4n) is 4.67. The van der Waals surface area contributed by atoms with Gasteiger partial charge in [-0.15, -0.1) is 0 Å². The molecule has 3 rings (SSSR count). The molecule has 1 fully saturated rings. The highest BCUT2D eigenvalue weighted by atomic mass is 19.4. The Morgan fingerprint density at radius 3 is 2.21 bits per heavy atom. The normalized spacial score (nSPS) is 18.7. The van der Waals surface area contributed by atoms with E-state index < -0.39 is 95.2 Å². The van der Waals surface area contributed by atoms with E-state index >= 15 is 0 Å². The van der Waals surface area contributed by atoms with Gasteiger partial charge in [0.05, 0.1) is 18.0 Å². The largest absolute Gasteiger partial charge is 0.481 e. The summed E-state index contributed by atoms with van der Waals surface area (Å²) in [4.78, 5) is 37.7. The van der Waals surface area contributed by atoms with E-state index in [1.54, 1.807) is 13.8 Å². The lowest BCUT2D eigenvalue weighted by Gasteiger charge is -2.43. The first-order chi connectivity index (χ1) is 20.1. The molecule has 2 aromatic rings. The second kappa shape index (κ2) is 13.7. The van der Waals surface area contributed by atoms with Crippen molar-refractivity contribution in [3.05, 3.63) is 64.7 Å². The minimum Gasteiger partial charge on any atom is -0.481 e. The number of nitrogens with one attached hydrogen (secondary N) is 2. The molecule has 0 radical (unpaired) electrons. The number of hydrogen-bond acceptors (Lipinski definition) is 6. The highest BCUT2D eigenvalue weighted by Gasteiger charge is 2.46. The number of carbonyl (C=O) groups is 3. The van der Waals surface area contributed by atoms with Gasteiger partial charge < -0.3 is 19.9 Å². The first kappa shape index (κ1) is 33.8. The summed E-state index contributed by atoms with van der Waals surface area (Å²) in [5.41, 5.74) is -3.03. The second-order valence-electron chi connectivity index (χ2n) is 10.3.